The molecule has 1 N–H and O–H groups in total. The van der Waals surface area contributed by atoms with E-state index < -0.39 is 0 Å². The summed E-state index contributed by atoms with van der Waals surface area (Å²) in [6.07, 6.45) is 6.20. The predicted molar refractivity (Wildman–Crippen MR) is 39.4 cm³/mol. The van der Waals surface area contributed by atoms with E-state index in [9.17, 15) is 0 Å². The fraction of sp³-hybridized carbons (Fsp3) is 0.667. The van der Waals surface area contributed by atoms with Crippen molar-refractivity contribution < 1.29 is 5.11 Å². The number of rotatable bonds is 4. The molecule has 0 radical (unpaired) electrons. The molecular weight excluding hydrogens is 168 g/mol. The standard InChI is InChI=1S/C6H11BrO/c7-5-3-1-2-4-6-8/h4,6,8H,1-3,5H2. The largest absolute Gasteiger partial charge is 0.516 e. The van der Waals surface area contributed by atoms with Crippen LogP contribution in [0.1, 0.15) is 19.3 Å². The number of halogens is 1. The van der Waals surface area contributed by atoms with Gasteiger partial charge >= 0.3 is 0 Å². The Hall–Kier alpha value is 0.0200. The summed E-state index contributed by atoms with van der Waals surface area (Å²) < 4.78 is 0. The zero-order valence-corrected chi connectivity index (χ0v) is 6.39. The van der Waals surface area contributed by atoms with E-state index in [-0.39, 0.29) is 0 Å². The maximum Gasteiger partial charge on any atom is 0.0751 e. The van der Waals surface area contributed by atoms with Gasteiger partial charge < -0.3 is 5.11 Å². The second kappa shape index (κ2) is 7.02. The second-order valence-electron chi connectivity index (χ2n) is 1.57. The van der Waals surface area contributed by atoms with E-state index in [1.54, 1.807) is 6.08 Å². The third-order valence-electron chi connectivity index (χ3n) is 0.860. The van der Waals surface area contributed by atoms with Crippen LogP contribution in [0.25, 0.3) is 0 Å². The molecule has 0 spiro atoms. The zero-order chi connectivity index (χ0) is 6.24. The molecule has 0 aliphatic heterocycles. The first-order chi connectivity index (χ1) is 3.91. The molecule has 8 heavy (non-hydrogen) atoms. The van der Waals surface area contributed by atoms with Crippen molar-refractivity contribution in [1.29, 1.82) is 0 Å². The summed E-state index contributed by atoms with van der Waals surface area (Å²) in [4.78, 5) is 0. The highest BCUT2D eigenvalue weighted by Gasteiger charge is 1.80. The maximum atomic E-state index is 8.17. The molecule has 0 amide bonds. The van der Waals surface area contributed by atoms with E-state index in [4.69, 9.17) is 5.11 Å². The molecule has 0 aliphatic carbocycles. The van der Waals surface area contributed by atoms with Crippen LogP contribution in [0.5, 0.6) is 0 Å². The van der Waals surface area contributed by atoms with Crippen molar-refractivity contribution in [1.82, 2.24) is 0 Å². The SMILES string of the molecule is OC=CCCCCBr. The molecule has 0 saturated heterocycles. The molecular formula is C6H11BrO. The number of unbranched alkanes of at least 4 members (excludes halogenated alkanes) is 2. The van der Waals surface area contributed by atoms with Crippen molar-refractivity contribution in [2.24, 2.45) is 0 Å². The third-order valence-corrected chi connectivity index (χ3v) is 1.42. The Morgan fingerprint density at radius 3 is 2.62 bits per heavy atom. The van der Waals surface area contributed by atoms with Gasteiger partial charge in [0.15, 0.2) is 0 Å². The zero-order valence-electron chi connectivity index (χ0n) is 4.81. The molecule has 0 unspecified atom stereocenters. The maximum absolute atomic E-state index is 8.17. The monoisotopic (exact) mass is 178 g/mol. The molecule has 0 atom stereocenters. The van der Waals surface area contributed by atoms with Gasteiger partial charge in [0, 0.05) is 5.33 Å². The number of aliphatic hydroxyl groups is 1. The van der Waals surface area contributed by atoms with Gasteiger partial charge in [-0.15, -0.1) is 0 Å². The first kappa shape index (κ1) is 8.02. The number of hydrogen-bond acceptors (Lipinski definition) is 1. The van der Waals surface area contributed by atoms with Crippen LogP contribution in [-0.2, 0) is 0 Å². The molecule has 0 aliphatic rings. The van der Waals surface area contributed by atoms with Gasteiger partial charge in [-0.2, -0.15) is 0 Å². The first-order valence-electron chi connectivity index (χ1n) is 2.77. The average molecular weight is 179 g/mol. The Kier molecular flexibility index (Phi) is 7.04. The predicted octanol–water partition coefficient (Wildman–Crippen LogP) is 2.62. The molecule has 0 rings (SSSR count). The van der Waals surface area contributed by atoms with Gasteiger partial charge in [0.25, 0.3) is 0 Å². The van der Waals surface area contributed by atoms with Crippen molar-refractivity contribution in [2.75, 3.05) is 5.33 Å². The Labute approximate surface area is 58.5 Å². The van der Waals surface area contributed by atoms with Crippen LogP contribution in [0.2, 0.25) is 0 Å². The smallest absolute Gasteiger partial charge is 0.0751 e. The van der Waals surface area contributed by atoms with Crippen molar-refractivity contribution in [3.05, 3.63) is 12.3 Å². The van der Waals surface area contributed by atoms with Crippen molar-refractivity contribution in [2.45, 2.75) is 19.3 Å². The summed E-state index contributed by atoms with van der Waals surface area (Å²) in [5.41, 5.74) is 0. The van der Waals surface area contributed by atoms with Gasteiger partial charge in [-0.25, -0.2) is 0 Å². The Morgan fingerprint density at radius 1 is 1.38 bits per heavy atom. The normalized spacial score (nSPS) is 10.6. The van der Waals surface area contributed by atoms with E-state index in [1.807, 2.05) is 0 Å². The third kappa shape index (κ3) is 6.02. The topological polar surface area (TPSA) is 20.2 Å². The molecule has 0 aromatic rings. The second-order valence-corrected chi connectivity index (χ2v) is 2.36. The molecule has 0 fully saturated rings. The number of hydrogen-bond donors (Lipinski definition) is 1. The minimum Gasteiger partial charge on any atom is -0.516 e. The van der Waals surface area contributed by atoms with Gasteiger partial charge in [0.1, 0.15) is 0 Å². The van der Waals surface area contributed by atoms with E-state index in [1.165, 1.54) is 6.42 Å². The van der Waals surface area contributed by atoms with Gasteiger partial charge in [-0.05, 0) is 19.3 Å². The summed E-state index contributed by atoms with van der Waals surface area (Å²) in [5, 5.41) is 9.24. The van der Waals surface area contributed by atoms with Gasteiger partial charge in [0.2, 0.25) is 0 Å². The van der Waals surface area contributed by atoms with Crippen LogP contribution >= 0.6 is 15.9 Å². The number of allylic oxidation sites excluding steroid dienone is 1. The molecule has 0 saturated carbocycles. The highest BCUT2D eigenvalue weighted by atomic mass is 79.9. The molecule has 0 aromatic heterocycles. The van der Waals surface area contributed by atoms with Crippen LogP contribution in [0.4, 0.5) is 0 Å². The minimum atomic E-state index is 0.988. The van der Waals surface area contributed by atoms with Gasteiger partial charge in [0.05, 0.1) is 6.26 Å². The lowest BCUT2D eigenvalue weighted by atomic mass is 10.2. The lowest BCUT2D eigenvalue weighted by Gasteiger charge is -1.87. The minimum absolute atomic E-state index is 0.988. The summed E-state index contributed by atoms with van der Waals surface area (Å²) in [7, 11) is 0. The molecule has 0 heterocycles. The molecule has 0 bridgehead atoms. The van der Waals surface area contributed by atoms with Gasteiger partial charge in [-0.3, -0.25) is 0 Å². The fourth-order valence-corrected chi connectivity index (χ4v) is 0.828. The molecule has 48 valence electrons. The lowest BCUT2D eigenvalue weighted by Crippen LogP contribution is -1.72. The van der Waals surface area contributed by atoms with Crippen LogP contribution in [0.15, 0.2) is 12.3 Å². The van der Waals surface area contributed by atoms with Crippen molar-refractivity contribution >= 4 is 15.9 Å². The van der Waals surface area contributed by atoms with E-state index in [0.717, 1.165) is 24.4 Å². The Morgan fingerprint density at radius 2 is 2.12 bits per heavy atom. The summed E-state index contributed by atoms with van der Waals surface area (Å²) in [5.74, 6) is 0. The van der Waals surface area contributed by atoms with Gasteiger partial charge in [-0.1, -0.05) is 22.0 Å². The van der Waals surface area contributed by atoms with Crippen LogP contribution in [-0.4, -0.2) is 10.4 Å². The fourth-order valence-electron chi connectivity index (χ4n) is 0.431. The molecule has 1 nitrogen and oxygen atoms in total. The summed E-state index contributed by atoms with van der Waals surface area (Å²) in [6, 6.07) is 0. The summed E-state index contributed by atoms with van der Waals surface area (Å²) >= 11 is 3.31. The van der Waals surface area contributed by atoms with Crippen molar-refractivity contribution in [3.63, 3.8) is 0 Å². The van der Waals surface area contributed by atoms with Crippen LogP contribution in [0, 0.1) is 0 Å². The van der Waals surface area contributed by atoms with E-state index in [2.05, 4.69) is 15.9 Å². The molecule has 0 aromatic carbocycles. The van der Waals surface area contributed by atoms with Crippen LogP contribution < -0.4 is 0 Å². The number of alkyl halides is 1. The first-order valence-corrected chi connectivity index (χ1v) is 3.89. The van der Waals surface area contributed by atoms with Crippen molar-refractivity contribution in [3.8, 4) is 0 Å². The number of aliphatic hydroxyl groups excluding tert-OH is 1. The van der Waals surface area contributed by atoms with Crippen LogP contribution in [0.3, 0.4) is 0 Å². The average Bonchev–Trinajstić information content (AvgIpc) is 1.81. The Bertz CT molecular complexity index is 61.5. The lowest BCUT2D eigenvalue weighted by molar-refractivity contribution is 0.470. The molecule has 2 heteroatoms. The van der Waals surface area contributed by atoms with E-state index >= 15 is 0 Å². The summed E-state index contributed by atoms with van der Waals surface area (Å²) in [6.45, 7) is 0. The highest BCUT2D eigenvalue weighted by molar-refractivity contribution is 9.09. The Balaban J connectivity index is 2.72. The highest BCUT2D eigenvalue weighted by Crippen LogP contribution is 1.98. The van der Waals surface area contributed by atoms with E-state index in [0.29, 0.717) is 0 Å². The quantitative estimate of drug-likeness (QED) is 0.399.